The quantitative estimate of drug-likeness (QED) is 0.412. The third-order valence-corrected chi connectivity index (χ3v) is 5.35. The second-order valence-electron chi connectivity index (χ2n) is 7.56. The Morgan fingerprint density at radius 1 is 0.943 bits per heavy atom. The average Bonchev–Trinajstić information content (AvgIpc) is 2.84. The Morgan fingerprint density at radius 3 is 2.20 bits per heavy atom. The van der Waals surface area contributed by atoms with Gasteiger partial charge in [0.2, 0.25) is 11.5 Å². The topological polar surface area (TPSA) is 92.0 Å². The highest BCUT2D eigenvalue weighted by molar-refractivity contribution is 5.99. The zero-order valence-electron chi connectivity index (χ0n) is 20.1. The molecule has 0 radical (unpaired) electrons. The highest BCUT2D eigenvalue weighted by atomic mass is 35.5. The van der Waals surface area contributed by atoms with Crippen LogP contribution in [0, 0.1) is 12.7 Å². The number of rotatable bonds is 10. The molecule has 3 rings (SSSR count). The van der Waals surface area contributed by atoms with Crippen LogP contribution in [0.25, 0.3) is 0 Å². The lowest BCUT2D eigenvalue weighted by atomic mass is 10.1. The summed E-state index contributed by atoms with van der Waals surface area (Å²) in [5.41, 5.74) is 8.41. The van der Waals surface area contributed by atoms with Crippen LogP contribution in [0.15, 0.2) is 48.5 Å². The van der Waals surface area contributed by atoms with Gasteiger partial charge in [-0.3, -0.25) is 4.79 Å². The highest BCUT2D eigenvalue weighted by Crippen LogP contribution is 2.48. The van der Waals surface area contributed by atoms with Gasteiger partial charge in [-0.1, -0.05) is 18.2 Å². The van der Waals surface area contributed by atoms with E-state index in [4.69, 9.17) is 24.7 Å². The third kappa shape index (κ3) is 6.55. The summed E-state index contributed by atoms with van der Waals surface area (Å²) in [6.45, 7) is 2.54. The first-order valence-corrected chi connectivity index (χ1v) is 10.7. The van der Waals surface area contributed by atoms with Crippen molar-refractivity contribution in [3.05, 3.63) is 76.6 Å². The first kappa shape index (κ1) is 27.8. The van der Waals surface area contributed by atoms with Crippen LogP contribution in [0.1, 0.15) is 27.0 Å². The van der Waals surface area contributed by atoms with Gasteiger partial charge in [-0.15, -0.1) is 12.4 Å². The Hall–Kier alpha value is -3.49. The van der Waals surface area contributed by atoms with Gasteiger partial charge in [-0.25, -0.2) is 4.39 Å². The molecule has 0 aliphatic heterocycles. The number of carbonyl (C=O) groups is 1. The zero-order chi connectivity index (χ0) is 24.7. The van der Waals surface area contributed by atoms with Gasteiger partial charge in [-0.2, -0.15) is 0 Å². The number of hydrogen-bond acceptors (Lipinski definition) is 6. The number of nitrogens with two attached hydrogens (primary N) is 1. The molecule has 0 aromatic heterocycles. The van der Waals surface area contributed by atoms with Crippen molar-refractivity contribution in [2.24, 2.45) is 5.73 Å². The van der Waals surface area contributed by atoms with E-state index in [1.54, 1.807) is 6.07 Å². The lowest BCUT2D eigenvalue weighted by Gasteiger charge is -2.19. The summed E-state index contributed by atoms with van der Waals surface area (Å²) < 4.78 is 36.2. The van der Waals surface area contributed by atoms with Crippen molar-refractivity contribution in [1.82, 2.24) is 5.32 Å². The number of halogens is 2. The Morgan fingerprint density at radius 2 is 1.60 bits per heavy atom. The summed E-state index contributed by atoms with van der Waals surface area (Å²) >= 11 is 0. The van der Waals surface area contributed by atoms with Crippen LogP contribution in [0.3, 0.4) is 0 Å². The molecule has 0 heterocycles. The fourth-order valence-corrected chi connectivity index (χ4v) is 3.54. The van der Waals surface area contributed by atoms with Crippen molar-refractivity contribution in [3.63, 3.8) is 0 Å². The van der Waals surface area contributed by atoms with E-state index in [-0.39, 0.29) is 53.3 Å². The summed E-state index contributed by atoms with van der Waals surface area (Å²) in [5.74, 6) is 0.707. The van der Waals surface area contributed by atoms with E-state index in [2.05, 4.69) is 5.32 Å². The molecule has 1 amide bonds. The van der Waals surface area contributed by atoms with Crippen molar-refractivity contribution < 1.29 is 28.1 Å². The molecule has 0 saturated carbocycles. The number of amides is 1. The molecule has 0 aliphatic carbocycles. The average molecular weight is 505 g/mol. The summed E-state index contributed by atoms with van der Waals surface area (Å²) in [7, 11) is 4.35. The number of nitrogens with one attached hydrogen (secondary N) is 1. The lowest BCUT2D eigenvalue weighted by molar-refractivity contribution is 0.0946. The molecule has 9 heteroatoms. The maximum Gasteiger partial charge on any atom is 0.255 e. The number of ether oxygens (including phenoxy) is 4. The molecule has 0 aliphatic rings. The Balaban J connectivity index is 0.00000432. The number of benzene rings is 3. The van der Waals surface area contributed by atoms with E-state index in [9.17, 15) is 9.18 Å². The van der Waals surface area contributed by atoms with Gasteiger partial charge >= 0.3 is 0 Å². The molecule has 3 aromatic rings. The monoisotopic (exact) mass is 504 g/mol. The summed E-state index contributed by atoms with van der Waals surface area (Å²) in [6.07, 6.45) is 0.759. The second-order valence-corrected chi connectivity index (χ2v) is 7.56. The van der Waals surface area contributed by atoms with E-state index < -0.39 is 5.91 Å². The van der Waals surface area contributed by atoms with Crippen molar-refractivity contribution in [2.75, 3.05) is 27.9 Å². The predicted octanol–water partition coefficient (Wildman–Crippen LogP) is 4.81. The Bertz CT molecular complexity index is 1160. The van der Waals surface area contributed by atoms with Crippen molar-refractivity contribution in [1.29, 1.82) is 0 Å². The molecule has 0 atom stereocenters. The first-order chi connectivity index (χ1) is 16.4. The Labute approximate surface area is 210 Å². The number of carbonyl (C=O) groups excluding carboxylic acids is 1. The van der Waals surface area contributed by atoms with Crippen molar-refractivity contribution in [2.45, 2.75) is 19.9 Å². The molecule has 0 unspecified atom stereocenters. The minimum Gasteiger partial charge on any atom is -0.492 e. The van der Waals surface area contributed by atoms with Gasteiger partial charge in [0.1, 0.15) is 11.6 Å². The number of hydrogen-bond donors (Lipinski definition) is 2. The van der Waals surface area contributed by atoms with E-state index in [1.165, 1.54) is 39.5 Å². The van der Waals surface area contributed by atoms with Gasteiger partial charge in [0.25, 0.3) is 5.91 Å². The van der Waals surface area contributed by atoms with Crippen LogP contribution in [-0.2, 0) is 13.0 Å². The minimum absolute atomic E-state index is 0. The minimum atomic E-state index is -0.440. The van der Waals surface area contributed by atoms with Gasteiger partial charge in [0, 0.05) is 12.6 Å². The second kappa shape index (κ2) is 12.8. The molecule has 0 spiro atoms. The first-order valence-electron chi connectivity index (χ1n) is 10.7. The molecule has 3 aromatic carbocycles. The van der Waals surface area contributed by atoms with E-state index in [0.29, 0.717) is 17.9 Å². The predicted molar refractivity (Wildman–Crippen MR) is 135 cm³/mol. The molecule has 0 fully saturated rings. The largest absolute Gasteiger partial charge is 0.492 e. The van der Waals surface area contributed by atoms with Crippen LogP contribution in [0.4, 0.5) is 4.39 Å². The van der Waals surface area contributed by atoms with E-state index in [1.807, 2.05) is 31.2 Å². The zero-order valence-corrected chi connectivity index (χ0v) is 21.0. The van der Waals surface area contributed by atoms with Gasteiger partial charge < -0.3 is 30.0 Å². The molecule has 188 valence electrons. The Kier molecular flexibility index (Phi) is 10.2. The van der Waals surface area contributed by atoms with Crippen molar-refractivity contribution >= 4 is 18.3 Å². The number of aryl methyl sites for hydroxylation is 1. The summed E-state index contributed by atoms with van der Waals surface area (Å²) in [5, 5.41) is 2.81. The molecular weight excluding hydrogens is 475 g/mol. The van der Waals surface area contributed by atoms with Crippen LogP contribution in [0.5, 0.6) is 28.7 Å². The van der Waals surface area contributed by atoms with E-state index >= 15 is 0 Å². The maximum absolute atomic E-state index is 13.6. The highest BCUT2D eigenvalue weighted by Gasteiger charge is 2.26. The van der Waals surface area contributed by atoms with E-state index in [0.717, 1.165) is 17.5 Å². The van der Waals surface area contributed by atoms with Crippen LogP contribution < -0.4 is 30.0 Å². The van der Waals surface area contributed by atoms with Crippen LogP contribution in [0.2, 0.25) is 0 Å². The van der Waals surface area contributed by atoms with Crippen LogP contribution in [-0.4, -0.2) is 33.8 Å². The molecule has 0 saturated heterocycles. The molecule has 3 N–H and O–H groups in total. The standard InChI is InChI=1S/C26H29FN2O5.ClH/c1-16-5-8-19(27)13-18(16)15-29-26(30)21-14-22(24(32-3)25(33-4)23(21)31-2)34-20-9-6-17(7-10-20)11-12-28;/h5-10,13-14H,11-12,15,28H2,1-4H3,(H,29,30);1H. The normalized spacial score (nSPS) is 10.2. The summed E-state index contributed by atoms with van der Waals surface area (Å²) in [4.78, 5) is 13.1. The maximum atomic E-state index is 13.6. The molecule has 0 bridgehead atoms. The molecule has 7 nitrogen and oxygen atoms in total. The molecule has 35 heavy (non-hydrogen) atoms. The lowest BCUT2D eigenvalue weighted by Crippen LogP contribution is -2.24. The van der Waals surface area contributed by atoms with Crippen LogP contribution >= 0.6 is 12.4 Å². The van der Waals surface area contributed by atoms with Gasteiger partial charge in [0.05, 0.1) is 26.9 Å². The smallest absolute Gasteiger partial charge is 0.255 e. The third-order valence-electron chi connectivity index (χ3n) is 5.35. The van der Waals surface area contributed by atoms with Crippen molar-refractivity contribution in [3.8, 4) is 28.7 Å². The fourth-order valence-electron chi connectivity index (χ4n) is 3.54. The van der Waals surface area contributed by atoms with Gasteiger partial charge in [-0.05, 0) is 60.8 Å². The SMILES string of the molecule is COc1c(Oc2ccc(CCN)cc2)cc(C(=O)NCc2cc(F)ccc2C)c(OC)c1OC.Cl. The van der Waals surface area contributed by atoms with Gasteiger partial charge in [0.15, 0.2) is 11.5 Å². The molecular formula is C26H30ClFN2O5. The summed E-state index contributed by atoms with van der Waals surface area (Å²) in [6, 6.07) is 13.4. The fraction of sp³-hybridized carbons (Fsp3) is 0.269. The number of methoxy groups -OCH3 is 3.